The van der Waals surface area contributed by atoms with Gasteiger partial charge in [-0.3, -0.25) is 4.90 Å². The van der Waals surface area contributed by atoms with Crippen LogP contribution < -0.4 is 4.74 Å². The van der Waals surface area contributed by atoms with Crippen molar-refractivity contribution in [3.63, 3.8) is 0 Å². The molecule has 2 aliphatic rings. The number of sulfonamides is 1. The molecule has 1 fully saturated rings. The van der Waals surface area contributed by atoms with E-state index in [4.69, 9.17) is 9.84 Å². The number of carboxylic acids is 1. The highest BCUT2D eigenvalue weighted by molar-refractivity contribution is 7.89. The van der Waals surface area contributed by atoms with E-state index in [0.717, 1.165) is 12.0 Å². The summed E-state index contributed by atoms with van der Waals surface area (Å²) in [5, 5.41) is 19.0. The molecule has 1 aliphatic heterocycles. The van der Waals surface area contributed by atoms with Crippen molar-refractivity contribution in [3.8, 4) is 17.6 Å². The first-order chi connectivity index (χ1) is 19.1. The molecule has 0 unspecified atom stereocenters. The van der Waals surface area contributed by atoms with Crippen molar-refractivity contribution < 1.29 is 28.2 Å². The fourth-order valence-electron chi connectivity index (χ4n) is 5.47. The van der Waals surface area contributed by atoms with Gasteiger partial charge in [0.2, 0.25) is 10.0 Å². The molecule has 0 spiro atoms. The van der Waals surface area contributed by atoms with E-state index in [2.05, 4.69) is 16.7 Å². The van der Waals surface area contributed by atoms with Gasteiger partial charge in [0.15, 0.2) is 0 Å². The van der Waals surface area contributed by atoms with E-state index in [9.17, 15) is 18.3 Å². The van der Waals surface area contributed by atoms with Crippen molar-refractivity contribution in [2.24, 2.45) is 11.8 Å². The van der Waals surface area contributed by atoms with Gasteiger partial charge in [0.05, 0.1) is 12.2 Å². The monoisotopic (exact) mass is 568 g/mol. The predicted octanol–water partition coefficient (Wildman–Crippen LogP) is 4.22. The Labute approximate surface area is 238 Å². The second-order valence-corrected chi connectivity index (χ2v) is 13.1. The highest BCUT2D eigenvalue weighted by atomic mass is 32.2. The van der Waals surface area contributed by atoms with Crippen molar-refractivity contribution in [1.29, 1.82) is 0 Å². The lowest BCUT2D eigenvalue weighted by molar-refractivity contribution is 0.0697. The Balaban J connectivity index is 1.60. The molecule has 0 amide bonds. The molecular weight excluding hydrogens is 528 g/mol. The summed E-state index contributed by atoms with van der Waals surface area (Å²) in [6.07, 6.45) is 5.47. The summed E-state index contributed by atoms with van der Waals surface area (Å²) in [5.41, 5.74) is 1.92. The first-order valence-electron chi connectivity index (χ1n) is 14.0. The molecule has 8 nitrogen and oxygen atoms in total. The first-order valence-corrected chi connectivity index (χ1v) is 15.5. The minimum atomic E-state index is -3.91. The quantitative estimate of drug-likeness (QED) is 0.459. The summed E-state index contributed by atoms with van der Waals surface area (Å²) in [4.78, 5) is 13.3. The van der Waals surface area contributed by atoms with Crippen LogP contribution in [0.5, 0.6) is 5.75 Å². The molecule has 216 valence electrons. The van der Waals surface area contributed by atoms with Gasteiger partial charge in [-0.1, -0.05) is 43.7 Å². The minimum Gasteiger partial charge on any atom is -0.487 e. The number of rotatable bonds is 8. The maximum atomic E-state index is 13.7. The number of aliphatic hydroxyl groups is 1. The fraction of sp³-hybridized carbons (Fsp3) is 0.516. The Hall–Kier alpha value is -2.90. The third kappa shape index (κ3) is 7.24. The van der Waals surface area contributed by atoms with Gasteiger partial charge < -0.3 is 14.9 Å². The molecule has 1 heterocycles. The minimum absolute atomic E-state index is 0.0814. The van der Waals surface area contributed by atoms with Gasteiger partial charge in [0.25, 0.3) is 0 Å². The Morgan fingerprint density at radius 1 is 1.18 bits per heavy atom. The van der Waals surface area contributed by atoms with Crippen LogP contribution >= 0.6 is 0 Å². The summed E-state index contributed by atoms with van der Waals surface area (Å²) < 4.78 is 35.3. The molecule has 2 aromatic rings. The van der Waals surface area contributed by atoms with Crippen LogP contribution in [-0.4, -0.2) is 72.7 Å². The Morgan fingerprint density at radius 3 is 2.52 bits per heavy atom. The molecule has 9 heteroatoms. The zero-order valence-electron chi connectivity index (χ0n) is 23.5. The molecule has 2 N–H and O–H groups in total. The van der Waals surface area contributed by atoms with E-state index in [-0.39, 0.29) is 41.4 Å². The van der Waals surface area contributed by atoms with Crippen molar-refractivity contribution in [1.82, 2.24) is 9.21 Å². The highest BCUT2D eigenvalue weighted by Crippen LogP contribution is 2.34. The van der Waals surface area contributed by atoms with Crippen LogP contribution in [0.3, 0.4) is 0 Å². The Kier molecular flexibility index (Phi) is 9.90. The average Bonchev–Trinajstić information content (AvgIpc) is 3.44. The molecule has 40 heavy (non-hydrogen) atoms. The van der Waals surface area contributed by atoms with Gasteiger partial charge in [0.1, 0.15) is 16.7 Å². The van der Waals surface area contributed by atoms with E-state index >= 15 is 0 Å². The third-order valence-corrected chi connectivity index (χ3v) is 9.93. The largest absolute Gasteiger partial charge is 0.487 e. The van der Waals surface area contributed by atoms with Gasteiger partial charge >= 0.3 is 5.97 Å². The zero-order chi connectivity index (χ0) is 28.9. The van der Waals surface area contributed by atoms with Crippen LogP contribution in [0.2, 0.25) is 0 Å². The van der Waals surface area contributed by atoms with Crippen LogP contribution in [0.25, 0.3) is 0 Å². The van der Waals surface area contributed by atoms with Crippen molar-refractivity contribution >= 4 is 16.0 Å². The van der Waals surface area contributed by atoms with Gasteiger partial charge in [-0.05, 0) is 68.6 Å². The zero-order valence-corrected chi connectivity index (χ0v) is 24.4. The Morgan fingerprint density at radius 2 is 1.88 bits per heavy atom. The summed E-state index contributed by atoms with van der Waals surface area (Å²) >= 11 is 0. The van der Waals surface area contributed by atoms with Crippen LogP contribution in [0.15, 0.2) is 47.4 Å². The van der Waals surface area contributed by atoms with E-state index in [1.165, 1.54) is 30.0 Å². The third-order valence-electron chi connectivity index (χ3n) is 7.91. The molecule has 1 aliphatic carbocycles. The molecule has 0 bridgehead atoms. The maximum absolute atomic E-state index is 13.7. The molecule has 4 rings (SSSR count). The lowest BCUT2D eigenvalue weighted by atomic mass is 10.0. The number of fused-ring (bicyclic) bond motifs is 1. The van der Waals surface area contributed by atoms with E-state index < -0.39 is 22.0 Å². The fourth-order valence-corrected chi connectivity index (χ4v) is 7.30. The number of hydrogen-bond donors (Lipinski definition) is 2. The molecule has 0 radical (unpaired) electrons. The lowest BCUT2D eigenvalue weighted by Crippen LogP contribution is -2.49. The summed E-state index contributed by atoms with van der Waals surface area (Å²) in [7, 11) is -1.96. The van der Waals surface area contributed by atoms with Crippen LogP contribution in [0.4, 0.5) is 0 Å². The van der Waals surface area contributed by atoms with Crippen LogP contribution in [-0.2, 0) is 16.6 Å². The van der Waals surface area contributed by atoms with E-state index in [1.54, 1.807) is 49.4 Å². The SMILES string of the molecule is C[C@H]1CN([C@@H](C)CO)S(=O)(=O)c2ccc(C#CCC3CCCC3)cc2O[C@@H]1CN(C)Cc1ccc(C(=O)O)cc1. The van der Waals surface area contributed by atoms with Crippen molar-refractivity contribution in [3.05, 3.63) is 59.2 Å². The number of ether oxygens (including phenoxy) is 1. The number of nitrogens with zero attached hydrogens (tertiary/aromatic N) is 2. The normalized spacial score (nSPS) is 21.9. The van der Waals surface area contributed by atoms with Gasteiger partial charge in [-0.25, -0.2) is 13.2 Å². The topological polar surface area (TPSA) is 107 Å². The lowest BCUT2D eigenvalue weighted by Gasteiger charge is -2.37. The standard InChI is InChI=1S/C31H40N2O6S/c1-22-18-33(23(2)21-34)40(37,38)30-16-13-25(10-6-9-24-7-4-5-8-24)17-28(30)39-29(22)20-32(3)19-26-11-14-27(15-12-26)31(35)36/h11-17,22-24,29,34H,4-5,7-9,18-21H2,1-3H3,(H,35,36)/t22-,23-,29+/m0/s1. The summed E-state index contributed by atoms with van der Waals surface area (Å²) in [6, 6.07) is 11.2. The van der Waals surface area contributed by atoms with Gasteiger partial charge in [-0.15, -0.1) is 0 Å². The number of benzene rings is 2. The van der Waals surface area contributed by atoms with Crippen molar-refractivity contribution in [2.75, 3.05) is 26.7 Å². The van der Waals surface area contributed by atoms with Crippen LogP contribution in [0.1, 0.15) is 67.4 Å². The van der Waals surface area contributed by atoms with Gasteiger partial charge in [-0.2, -0.15) is 4.31 Å². The first kappa shape index (κ1) is 30.1. The average molecular weight is 569 g/mol. The van der Waals surface area contributed by atoms with Crippen molar-refractivity contribution in [2.45, 2.75) is 69.5 Å². The predicted molar refractivity (Wildman–Crippen MR) is 154 cm³/mol. The number of likely N-dealkylation sites (N-methyl/N-ethyl adjacent to an activating group) is 1. The maximum Gasteiger partial charge on any atom is 0.335 e. The molecule has 1 saturated carbocycles. The molecular formula is C31H40N2O6S. The number of hydrogen-bond acceptors (Lipinski definition) is 6. The molecule has 0 saturated heterocycles. The molecule has 3 atom stereocenters. The number of aromatic carboxylic acids is 1. The van der Waals surface area contributed by atoms with Gasteiger partial charge in [0, 0.05) is 43.6 Å². The van der Waals surface area contributed by atoms with E-state index in [0.29, 0.717) is 24.6 Å². The van der Waals surface area contributed by atoms with Crippen LogP contribution in [0, 0.1) is 23.7 Å². The number of carboxylic acid groups (broad SMARTS) is 1. The number of aliphatic hydroxyl groups excluding tert-OH is 1. The summed E-state index contributed by atoms with van der Waals surface area (Å²) in [6.45, 7) is 4.67. The van der Waals surface area contributed by atoms with E-state index in [1.807, 2.05) is 14.0 Å². The molecule has 0 aromatic heterocycles. The smallest absolute Gasteiger partial charge is 0.335 e. The number of carbonyl (C=O) groups is 1. The highest BCUT2D eigenvalue weighted by Gasteiger charge is 2.38. The Bertz CT molecular complexity index is 1340. The molecule has 2 aromatic carbocycles. The summed E-state index contributed by atoms with van der Waals surface area (Å²) in [5.74, 6) is 6.27. The second kappa shape index (κ2) is 13.2. The second-order valence-electron chi connectivity index (χ2n) is 11.3.